The highest BCUT2D eigenvalue weighted by Crippen LogP contribution is 2.10. The quantitative estimate of drug-likeness (QED) is 0.854. The minimum Gasteiger partial charge on any atom is -0.478 e. The Balaban J connectivity index is 2.83. The Morgan fingerprint density at radius 3 is 2.67 bits per heavy atom. The molecule has 0 aliphatic heterocycles. The van der Waals surface area contributed by atoms with Crippen LogP contribution in [-0.2, 0) is 16.6 Å². The topological polar surface area (TPSA) is 54.4 Å². The Hall–Kier alpha value is -1.16. The number of benzene rings is 1. The first kappa shape index (κ1) is 11.9. The maximum absolute atomic E-state index is 11.6. The molecule has 4 heteroatoms. The molecule has 0 radical (unpaired) electrons. The predicted octanol–water partition coefficient (Wildman–Crippen LogP) is 2.04. The van der Waals surface area contributed by atoms with Gasteiger partial charge in [0.25, 0.3) is 0 Å². The monoisotopic (exact) mass is 226 g/mol. The first-order valence-electron chi connectivity index (χ1n) is 4.70. The minimum absolute atomic E-state index is 0.0958. The summed E-state index contributed by atoms with van der Waals surface area (Å²) in [6, 6.07) is 6.58. The van der Waals surface area contributed by atoms with Crippen molar-refractivity contribution >= 4 is 16.8 Å². The molecule has 1 N–H and O–H groups in total. The maximum Gasteiger partial charge on any atom is 0.335 e. The fourth-order valence-electron chi connectivity index (χ4n) is 1.13. The van der Waals surface area contributed by atoms with Crippen LogP contribution in [0, 0.1) is 0 Å². The van der Waals surface area contributed by atoms with Crippen molar-refractivity contribution in [1.82, 2.24) is 0 Å². The molecule has 0 spiro atoms. The molecule has 0 amide bonds. The summed E-state index contributed by atoms with van der Waals surface area (Å²) >= 11 is 0. The van der Waals surface area contributed by atoms with Crippen molar-refractivity contribution in [3.8, 4) is 0 Å². The Kier molecular flexibility index (Phi) is 4.03. The van der Waals surface area contributed by atoms with Gasteiger partial charge in [0.1, 0.15) is 0 Å². The third kappa shape index (κ3) is 3.47. The van der Waals surface area contributed by atoms with Crippen LogP contribution in [0.4, 0.5) is 0 Å². The summed E-state index contributed by atoms with van der Waals surface area (Å²) in [6.07, 6.45) is 0. The van der Waals surface area contributed by atoms with Gasteiger partial charge in [-0.25, -0.2) is 4.79 Å². The molecule has 1 unspecified atom stereocenters. The normalized spacial score (nSPS) is 12.7. The molecule has 1 rings (SSSR count). The molecule has 0 bridgehead atoms. The lowest BCUT2D eigenvalue weighted by molar-refractivity contribution is 0.0697. The molecule has 0 aromatic heterocycles. The molecule has 1 atom stereocenters. The van der Waals surface area contributed by atoms with Crippen LogP contribution in [0.3, 0.4) is 0 Å². The van der Waals surface area contributed by atoms with Crippen LogP contribution in [0.2, 0.25) is 0 Å². The molecule has 0 fully saturated rings. The predicted molar refractivity (Wildman–Crippen MR) is 60.4 cm³/mol. The van der Waals surface area contributed by atoms with E-state index in [1.54, 1.807) is 18.2 Å². The summed E-state index contributed by atoms with van der Waals surface area (Å²) in [6.45, 7) is 3.77. The molecule has 0 saturated carbocycles. The van der Waals surface area contributed by atoms with Crippen LogP contribution in [0.25, 0.3) is 0 Å². The third-order valence-corrected chi connectivity index (χ3v) is 3.68. The Morgan fingerprint density at radius 1 is 1.47 bits per heavy atom. The van der Waals surface area contributed by atoms with Crippen molar-refractivity contribution in [2.45, 2.75) is 24.9 Å². The first-order chi connectivity index (χ1) is 7.00. The molecule has 0 saturated heterocycles. The van der Waals surface area contributed by atoms with E-state index in [0.29, 0.717) is 5.75 Å². The van der Waals surface area contributed by atoms with Gasteiger partial charge in [0.15, 0.2) is 0 Å². The third-order valence-electron chi connectivity index (χ3n) is 2.01. The molecule has 82 valence electrons. The van der Waals surface area contributed by atoms with Gasteiger partial charge in [-0.3, -0.25) is 4.21 Å². The van der Waals surface area contributed by atoms with Gasteiger partial charge >= 0.3 is 5.97 Å². The molecule has 1 aromatic rings. The lowest BCUT2D eigenvalue weighted by Crippen LogP contribution is -2.08. The highest BCUT2D eigenvalue weighted by molar-refractivity contribution is 7.84. The SMILES string of the molecule is CC(C)S(=O)Cc1cccc(C(=O)O)c1. The molecule has 0 heterocycles. The van der Waals surface area contributed by atoms with E-state index in [1.165, 1.54) is 6.07 Å². The Labute approximate surface area is 91.6 Å². The van der Waals surface area contributed by atoms with Crippen molar-refractivity contribution in [2.75, 3.05) is 0 Å². The number of carbonyl (C=O) groups is 1. The average molecular weight is 226 g/mol. The lowest BCUT2D eigenvalue weighted by atomic mass is 10.1. The lowest BCUT2D eigenvalue weighted by Gasteiger charge is -2.05. The second-order valence-corrected chi connectivity index (χ2v) is 5.57. The maximum atomic E-state index is 11.6. The van der Waals surface area contributed by atoms with Gasteiger partial charge in [-0.2, -0.15) is 0 Å². The molecule has 1 aromatic carbocycles. The second kappa shape index (κ2) is 5.07. The highest BCUT2D eigenvalue weighted by Gasteiger charge is 2.08. The fourth-order valence-corrected chi connectivity index (χ4v) is 1.97. The highest BCUT2D eigenvalue weighted by atomic mass is 32.2. The van der Waals surface area contributed by atoms with Gasteiger partial charge in [-0.1, -0.05) is 26.0 Å². The molecule has 3 nitrogen and oxygen atoms in total. The summed E-state index contributed by atoms with van der Waals surface area (Å²) in [4.78, 5) is 10.7. The largest absolute Gasteiger partial charge is 0.478 e. The van der Waals surface area contributed by atoms with Crippen LogP contribution >= 0.6 is 0 Å². The van der Waals surface area contributed by atoms with E-state index in [2.05, 4.69) is 0 Å². The number of rotatable bonds is 4. The van der Waals surface area contributed by atoms with Crippen LogP contribution in [0.5, 0.6) is 0 Å². The Morgan fingerprint density at radius 2 is 2.13 bits per heavy atom. The van der Waals surface area contributed by atoms with Gasteiger partial charge in [0, 0.05) is 21.8 Å². The molecule has 15 heavy (non-hydrogen) atoms. The van der Waals surface area contributed by atoms with Crippen molar-refractivity contribution in [3.63, 3.8) is 0 Å². The molecular weight excluding hydrogens is 212 g/mol. The summed E-state index contributed by atoms with van der Waals surface area (Å²) in [5.41, 5.74) is 1.05. The molecular formula is C11H14O3S. The van der Waals surface area contributed by atoms with E-state index in [-0.39, 0.29) is 10.8 Å². The number of carboxylic acids is 1. The van der Waals surface area contributed by atoms with E-state index < -0.39 is 16.8 Å². The summed E-state index contributed by atoms with van der Waals surface area (Å²) in [7, 11) is -0.937. The van der Waals surface area contributed by atoms with Crippen molar-refractivity contribution < 1.29 is 14.1 Å². The number of carboxylic acid groups (broad SMARTS) is 1. The van der Waals surface area contributed by atoms with Crippen molar-refractivity contribution in [1.29, 1.82) is 0 Å². The molecule has 0 aliphatic carbocycles. The zero-order valence-corrected chi connectivity index (χ0v) is 9.58. The van der Waals surface area contributed by atoms with E-state index in [0.717, 1.165) is 5.56 Å². The van der Waals surface area contributed by atoms with E-state index in [9.17, 15) is 9.00 Å². The number of aromatic carboxylic acids is 1. The van der Waals surface area contributed by atoms with Gasteiger partial charge in [0.2, 0.25) is 0 Å². The van der Waals surface area contributed by atoms with Crippen LogP contribution in [0.15, 0.2) is 24.3 Å². The van der Waals surface area contributed by atoms with Gasteiger partial charge in [-0.05, 0) is 17.7 Å². The van der Waals surface area contributed by atoms with Crippen molar-refractivity contribution in [2.24, 2.45) is 0 Å². The second-order valence-electron chi connectivity index (χ2n) is 3.58. The van der Waals surface area contributed by atoms with E-state index >= 15 is 0 Å². The zero-order valence-electron chi connectivity index (χ0n) is 8.77. The van der Waals surface area contributed by atoms with Crippen LogP contribution in [0.1, 0.15) is 29.8 Å². The van der Waals surface area contributed by atoms with Crippen LogP contribution < -0.4 is 0 Å². The van der Waals surface area contributed by atoms with Crippen LogP contribution in [-0.4, -0.2) is 20.5 Å². The zero-order chi connectivity index (χ0) is 11.4. The van der Waals surface area contributed by atoms with E-state index in [4.69, 9.17) is 5.11 Å². The van der Waals surface area contributed by atoms with Crippen molar-refractivity contribution in [3.05, 3.63) is 35.4 Å². The minimum atomic E-state index is -0.952. The average Bonchev–Trinajstić information content (AvgIpc) is 2.18. The summed E-state index contributed by atoms with van der Waals surface area (Å²) in [5, 5.41) is 8.87. The fraction of sp³-hybridized carbons (Fsp3) is 0.364. The van der Waals surface area contributed by atoms with Gasteiger partial charge in [-0.15, -0.1) is 0 Å². The first-order valence-corrected chi connectivity index (χ1v) is 6.08. The smallest absolute Gasteiger partial charge is 0.335 e. The van der Waals surface area contributed by atoms with Gasteiger partial charge < -0.3 is 5.11 Å². The number of hydrogen-bond acceptors (Lipinski definition) is 2. The Bertz CT molecular complexity index is 385. The standard InChI is InChI=1S/C11H14O3S/c1-8(2)15(14)7-9-4-3-5-10(6-9)11(12)13/h3-6,8H,7H2,1-2H3,(H,12,13). The summed E-state index contributed by atoms with van der Waals surface area (Å²) in [5.74, 6) is -0.536. The number of hydrogen-bond donors (Lipinski definition) is 1. The summed E-state index contributed by atoms with van der Waals surface area (Å²) < 4.78 is 11.6. The molecule has 0 aliphatic rings. The van der Waals surface area contributed by atoms with Gasteiger partial charge in [0.05, 0.1) is 5.56 Å². The van der Waals surface area contributed by atoms with E-state index in [1.807, 2.05) is 13.8 Å².